The van der Waals surface area contributed by atoms with Crippen molar-refractivity contribution in [2.75, 3.05) is 44.2 Å². The number of amides is 1. The number of fused-ring (bicyclic) bond motifs is 2. The number of aromatic nitrogens is 2. The number of hydrogen-bond acceptors (Lipinski definition) is 8. The van der Waals surface area contributed by atoms with E-state index >= 15 is 0 Å². The number of nitriles is 1. The summed E-state index contributed by atoms with van der Waals surface area (Å²) in [5, 5.41) is 21.4. The molecule has 45 heavy (non-hydrogen) atoms. The van der Waals surface area contributed by atoms with Crippen molar-refractivity contribution in [3.63, 3.8) is 0 Å². The third-order valence-electron chi connectivity index (χ3n) is 10.4. The van der Waals surface area contributed by atoms with Gasteiger partial charge in [0.2, 0.25) is 0 Å². The van der Waals surface area contributed by atoms with Crippen molar-refractivity contribution in [3.05, 3.63) is 52.7 Å². The van der Waals surface area contributed by atoms with Gasteiger partial charge in [0.25, 0.3) is 5.91 Å². The molecule has 1 amide bonds. The maximum Gasteiger partial charge on any atom is 0.318 e. The third-order valence-corrected chi connectivity index (χ3v) is 10.4. The van der Waals surface area contributed by atoms with Crippen LogP contribution < -0.4 is 9.64 Å². The van der Waals surface area contributed by atoms with Gasteiger partial charge in [-0.3, -0.25) is 4.79 Å². The van der Waals surface area contributed by atoms with Crippen molar-refractivity contribution in [2.45, 2.75) is 71.9 Å². The lowest BCUT2D eigenvalue weighted by Gasteiger charge is -2.34. The van der Waals surface area contributed by atoms with Gasteiger partial charge in [-0.1, -0.05) is 25.1 Å². The summed E-state index contributed by atoms with van der Waals surface area (Å²) in [4.78, 5) is 30.7. The lowest BCUT2D eigenvalue weighted by Crippen LogP contribution is -2.40. The van der Waals surface area contributed by atoms with Crippen LogP contribution in [0.15, 0.2) is 30.3 Å². The molecule has 2 unspecified atom stereocenters. The van der Waals surface area contributed by atoms with Crippen LogP contribution in [0.2, 0.25) is 0 Å². The molecule has 3 fully saturated rings. The van der Waals surface area contributed by atoms with E-state index in [-0.39, 0.29) is 17.1 Å². The van der Waals surface area contributed by atoms with Crippen LogP contribution in [0.4, 0.5) is 5.82 Å². The zero-order chi connectivity index (χ0) is 31.1. The minimum atomic E-state index is -0.114. The highest BCUT2D eigenvalue weighted by Gasteiger charge is 2.45. The second-order valence-electron chi connectivity index (χ2n) is 14.2. The molecule has 9 nitrogen and oxygen atoms in total. The van der Waals surface area contributed by atoms with Crippen molar-refractivity contribution in [1.82, 2.24) is 19.8 Å². The standard InChI is InChI=1S/C36H44N6O3/c1-24-6-4-15-41(18-24)33-30-20-42(34(44)29-17-28(43)16-27-9-3-7-25(2)32(27)29)21-31(30)38-35(39-33)45-23-36(11-12-36)22-40-14-5-8-26(19-40)10-13-37/h3,7,9,16-17,24,26,43H,4-6,8,10-12,14-15,18-23H2,1-2H3. The summed E-state index contributed by atoms with van der Waals surface area (Å²) in [6.07, 6.45) is 7.52. The Morgan fingerprint density at radius 2 is 1.98 bits per heavy atom. The van der Waals surface area contributed by atoms with Crippen LogP contribution in [-0.2, 0) is 13.1 Å². The van der Waals surface area contributed by atoms with Gasteiger partial charge in [0.15, 0.2) is 0 Å². The first kappa shape index (κ1) is 29.8. The maximum absolute atomic E-state index is 14.1. The highest BCUT2D eigenvalue weighted by Crippen LogP contribution is 2.47. The van der Waals surface area contributed by atoms with Crippen molar-refractivity contribution in [2.24, 2.45) is 17.3 Å². The Labute approximate surface area is 265 Å². The predicted octanol–water partition coefficient (Wildman–Crippen LogP) is 5.82. The molecular weight excluding hydrogens is 564 g/mol. The summed E-state index contributed by atoms with van der Waals surface area (Å²) in [5.41, 5.74) is 3.49. The van der Waals surface area contributed by atoms with Gasteiger partial charge in [-0.15, -0.1) is 0 Å². The van der Waals surface area contributed by atoms with E-state index in [1.54, 1.807) is 12.1 Å². The molecule has 0 bridgehead atoms. The van der Waals surface area contributed by atoms with Crippen LogP contribution in [0.1, 0.15) is 79.0 Å². The molecule has 2 atom stereocenters. The van der Waals surface area contributed by atoms with E-state index in [1.165, 1.54) is 6.42 Å². The maximum atomic E-state index is 14.1. The van der Waals surface area contributed by atoms with Crippen molar-refractivity contribution in [1.29, 1.82) is 5.26 Å². The van der Waals surface area contributed by atoms with Crippen LogP contribution >= 0.6 is 0 Å². The Balaban J connectivity index is 1.13. The van der Waals surface area contributed by atoms with Crippen molar-refractivity contribution < 1.29 is 14.6 Å². The minimum absolute atomic E-state index is 0.0887. The van der Waals surface area contributed by atoms with Gasteiger partial charge in [0, 0.05) is 43.6 Å². The monoisotopic (exact) mass is 608 g/mol. The fourth-order valence-electron chi connectivity index (χ4n) is 7.81. The van der Waals surface area contributed by atoms with Crippen LogP contribution in [0.25, 0.3) is 10.8 Å². The minimum Gasteiger partial charge on any atom is -0.508 e. The third kappa shape index (κ3) is 6.17. The Morgan fingerprint density at radius 3 is 2.78 bits per heavy atom. The zero-order valence-corrected chi connectivity index (χ0v) is 26.6. The number of piperidine rings is 2. The Bertz CT molecular complexity index is 1650. The number of anilines is 1. The zero-order valence-electron chi connectivity index (χ0n) is 26.6. The molecule has 2 saturated heterocycles. The van der Waals surface area contributed by atoms with E-state index in [1.807, 2.05) is 30.0 Å². The largest absolute Gasteiger partial charge is 0.508 e. The molecule has 2 aromatic carbocycles. The number of phenols is 1. The first-order valence-corrected chi connectivity index (χ1v) is 16.7. The highest BCUT2D eigenvalue weighted by atomic mass is 16.5. The fraction of sp³-hybridized carbons (Fsp3) is 0.556. The number of nitrogens with zero attached hydrogens (tertiary/aromatic N) is 6. The average molecular weight is 609 g/mol. The molecule has 0 radical (unpaired) electrons. The van der Waals surface area contributed by atoms with Gasteiger partial charge in [-0.05, 0) is 92.3 Å². The van der Waals surface area contributed by atoms with Crippen LogP contribution in [0.3, 0.4) is 0 Å². The quantitative estimate of drug-likeness (QED) is 0.341. The molecule has 1 saturated carbocycles. The normalized spacial score (nSPS) is 22.7. The van der Waals surface area contributed by atoms with Gasteiger partial charge in [-0.2, -0.15) is 15.2 Å². The Hall–Kier alpha value is -3.90. The van der Waals surface area contributed by atoms with Gasteiger partial charge in [-0.25, -0.2) is 0 Å². The number of carbonyl (C=O) groups is 1. The van der Waals surface area contributed by atoms with Gasteiger partial charge in [0.1, 0.15) is 11.6 Å². The SMILES string of the molecule is Cc1cccc2cc(O)cc(C(=O)N3Cc4nc(OCC5(CN6CCCC(CC#N)C6)CC5)nc(N5CCCC(C)C5)c4C3)c12. The first-order chi connectivity index (χ1) is 21.8. The molecule has 4 heterocycles. The van der Waals surface area contributed by atoms with Crippen LogP contribution in [0.5, 0.6) is 11.8 Å². The summed E-state index contributed by atoms with van der Waals surface area (Å²) in [7, 11) is 0. The molecule has 3 aromatic rings. The second kappa shape index (κ2) is 12.1. The second-order valence-corrected chi connectivity index (χ2v) is 14.2. The number of carbonyl (C=O) groups excluding carboxylic acids is 1. The molecule has 0 spiro atoms. The highest BCUT2D eigenvalue weighted by molar-refractivity contribution is 6.09. The summed E-state index contributed by atoms with van der Waals surface area (Å²) in [6.45, 7) is 10.6. The van der Waals surface area contributed by atoms with E-state index in [9.17, 15) is 15.2 Å². The smallest absolute Gasteiger partial charge is 0.318 e. The number of phenolic OH excluding ortho intramolecular Hbond substituents is 1. The molecule has 1 aliphatic carbocycles. The predicted molar refractivity (Wildman–Crippen MR) is 173 cm³/mol. The topological polar surface area (TPSA) is 106 Å². The Morgan fingerprint density at radius 1 is 1.13 bits per heavy atom. The fourth-order valence-corrected chi connectivity index (χ4v) is 7.81. The number of ether oxygens (including phenoxy) is 1. The van der Waals surface area contributed by atoms with Gasteiger partial charge in [0.05, 0.1) is 37.0 Å². The first-order valence-electron chi connectivity index (χ1n) is 16.7. The van der Waals surface area contributed by atoms with Gasteiger partial charge >= 0.3 is 6.01 Å². The molecule has 9 heteroatoms. The lowest BCUT2D eigenvalue weighted by atomic mass is 9.94. The molecular formula is C36H44N6O3. The van der Waals surface area contributed by atoms with E-state index in [0.717, 1.165) is 98.2 Å². The molecule has 1 aromatic heterocycles. The van der Waals surface area contributed by atoms with E-state index in [4.69, 9.17) is 14.7 Å². The van der Waals surface area contributed by atoms with Crippen LogP contribution in [-0.4, -0.2) is 70.1 Å². The van der Waals surface area contributed by atoms with Crippen molar-refractivity contribution in [3.8, 4) is 17.8 Å². The molecule has 1 N–H and O–H groups in total. The average Bonchev–Trinajstić information content (AvgIpc) is 3.65. The molecule has 3 aliphatic heterocycles. The molecule has 7 rings (SSSR count). The number of aromatic hydroxyl groups is 1. The van der Waals surface area contributed by atoms with E-state index in [2.05, 4.69) is 22.8 Å². The number of likely N-dealkylation sites (tertiary alicyclic amines) is 1. The number of benzene rings is 2. The summed E-state index contributed by atoms with van der Waals surface area (Å²) in [5.74, 6) is 1.91. The molecule has 4 aliphatic rings. The number of rotatable bonds is 8. The summed E-state index contributed by atoms with van der Waals surface area (Å²) >= 11 is 0. The van der Waals surface area contributed by atoms with E-state index < -0.39 is 0 Å². The Kier molecular flexibility index (Phi) is 8.03. The number of hydrogen-bond donors (Lipinski definition) is 1. The molecule has 236 valence electrons. The van der Waals surface area contributed by atoms with Crippen molar-refractivity contribution >= 4 is 22.5 Å². The lowest BCUT2D eigenvalue weighted by molar-refractivity contribution is 0.0751. The van der Waals surface area contributed by atoms with Gasteiger partial charge < -0.3 is 24.5 Å². The van der Waals surface area contributed by atoms with Crippen LogP contribution in [0, 0.1) is 35.5 Å². The number of aryl methyl sites for hydroxylation is 1. The van der Waals surface area contributed by atoms with E-state index in [0.29, 0.717) is 49.5 Å². The summed E-state index contributed by atoms with van der Waals surface area (Å²) in [6, 6.07) is 12.0. The summed E-state index contributed by atoms with van der Waals surface area (Å²) < 4.78 is 6.44.